The summed E-state index contributed by atoms with van der Waals surface area (Å²) < 4.78 is 0. The highest BCUT2D eigenvalue weighted by Crippen LogP contribution is 2.35. The molecule has 0 unspecified atom stereocenters. The fourth-order valence-corrected chi connectivity index (χ4v) is 8.41. The van der Waals surface area contributed by atoms with E-state index in [1.54, 1.807) is 0 Å². The summed E-state index contributed by atoms with van der Waals surface area (Å²) in [5, 5.41) is 24.0. The minimum atomic E-state index is 1.31. The van der Waals surface area contributed by atoms with Crippen LogP contribution in [0.25, 0.3) is 97.0 Å². The van der Waals surface area contributed by atoms with Crippen molar-refractivity contribution in [2.75, 3.05) is 0 Å². The maximum Gasteiger partial charge on any atom is -0.00268 e. The van der Waals surface area contributed by atoms with Gasteiger partial charge in [0.05, 0.1) is 0 Å². The average molecular weight is 685 g/mol. The zero-order valence-corrected chi connectivity index (χ0v) is 29.8. The molecule has 0 saturated heterocycles. The van der Waals surface area contributed by atoms with E-state index in [0.717, 1.165) is 0 Å². The Hall–Kier alpha value is -7.02. The summed E-state index contributed by atoms with van der Waals surface area (Å²) in [4.78, 5) is 0. The topological polar surface area (TPSA) is 0 Å². The molecule has 0 aliphatic carbocycles. The molecule has 0 saturated carbocycles. The van der Waals surface area contributed by atoms with Crippen molar-refractivity contribution in [1.82, 2.24) is 0 Å². The smallest absolute Gasteiger partial charge is 0.00268 e. The second kappa shape index (κ2) is 13.5. The Balaban J connectivity index is 0.000000100. The van der Waals surface area contributed by atoms with Gasteiger partial charge in [0, 0.05) is 0 Å². The van der Waals surface area contributed by atoms with Crippen molar-refractivity contribution in [3.63, 3.8) is 0 Å². The van der Waals surface area contributed by atoms with Crippen molar-refractivity contribution in [2.45, 2.75) is 0 Å². The molecule has 54 heavy (non-hydrogen) atoms. The molecule has 0 heterocycles. The molecule has 12 aromatic rings. The molecule has 0 nitrogen and oxygen atoms in total. The van der Waals surface area contributed by atoms with Crippen LogP contribution in [0.1, 0.15) is 0 Å². The van der Waals surface area contributed by atoms with Gasteiger partial charge in [-0.1, -0.05) is 218 Å². The number of hydrogen-bond donors (Lipinski definition) is 0. The third-order valence-corrected chi connectivity index (χ3v) is 10.9. The third kappa shape index (κ3) is 5.48. The number of benzene rings is 12. The van der Waals surface area contributed by atoms with E-state index in [4.69, 9.17) is 0 Å². The Morgan fingerprint density at radius 2 is 0.333 bits per heavy atom. The number of fused-ring (bicyclic) bond motifs is 16. The van der Waals surface area contributed by atoms with Crippen LogP contribution in [-0.2, 0) is 0 Å². The lowest BCUT2D eigenvalue weighted by molar-refractivity contribution is 1.77. The van der Waals surface area contributed by atoms with Crippen molar-refractivity contribution in [3.8, 4) is 0 Å². The van der Waals surface area contributed by atoms with Gasteiger partial charge in [-0.2, -0.15) is 0 Å². The molecule has 0 aromatic heterocycles. The molecule has 12 rings (SSSR count). The molecule has 0 atom stereocenters. The Bertz CT molecular complexity index is 2950. The first-order valence-corrected chi connectivity index (χ1v) is 18.7. The van der Waals surface area contributed by atoms with E-state index in [1.807, 2.05) is 0 Å². The molecule has 0 aliphatic rings. The predicted molar refractivity (Wildman–Crippen MR) is 237 cm³/mol. The Labute approximate surface area is 314 Å². The van der Waals surface area contributed by atoms with Crippen molar-refractivity contribution < 1.29 is 0 Å². The maximum absolute atomic E-state index is 2.24. The molecule has 0 spiro atoms. The molecule has 12 aromatic carbocycles. The first-order valence-electron chi connectivity index (χ1n) is 18.7. The second-order valence-corrected chi connectivity index (χ2v) is 14.0. The summed E-state index contributed by atoms with van der Waals surface area (Å²) in [6.07, 6.45) is 0. The third-order valence-electron chi connectivity index (χ3n) is 10.9. The lowest BCUT2D eigenvalue weighted by atomic mass is 9.95. The van der Waals surface area contributed by atoms with Gasteiger partial charge in [0.15, 0.2) is 0 Å². The van der Waals surface area contributed by atoms with Crippen molar-refractivity contribution >= 4 is 97.0 Å². The van der Waals surface area contributed by atoms with Gasteiger partial charge in [-0.25, -0.2) is 0 Å². The lowest BCUT2D eigenvalue weighted by Gasteiger charge is -2.09. The first-order chi connectivity index (χ1) is 26.8. The van der Waals surface area contributed by atoms with Crippen LogP contribution < -0.4 is 0 Å². The van der Waals surface area contributed by atoms with E-state index in [9.17, 15) is 0 Å². The van der Waals surface area contributed by atoms with Gasteiger partial charge in [0.25, 0.3) is 0 Å². The van der Waals surface area contributed by atoms with Gasteiger partial charge in [-0.15, -0.1) is 0 Å². The molecule has 0 aliphatic heterocycles. The number of rotatable bonds is 0. The van der Waals surface area contributed by atoms with E-state index in [2.05, 4.69) is 218 Å². The average Bonchev–Trinajstić information content (AvgIpc) is 3.26. The molecular weight excluding hydrogens is 649 g/mol. The zero-order valence-electron chi connectivity index (χ0n) is 29.8. The van der Waals surface area contributed by atoms with E-state index >= 15 is 0 Å². The van der Waals surface area contributed by atoms with Gasteiger partial charge < -0.3 is 0 Å². The highest BCUT2D eigenvalue weighted by Gasteiger charge is 2.07. The minimum Gasteiger partial charge on any atom is -0.0616 e. The van der Waals surface area contributed by atoms with Gasteiger partial charge in [-0.05, 0) is 97.0 Å². The van der Waals surface area contributed by atoms with Crippen LogP contribution in [0.3, 0.4) is 0 Å². The molecule has 0 amide bonds. The molecule has 0 heteroatoms. The molecule has 0 fully saturated rings. The summed E-state index contributed by atoms with van der Waals surface area (Å²) in [6, 6.07) is 78.0. The summed E-state index contributed by atoms with van der Waals surface area (Å²) in [5.74, 6) is 0. The van der Waals surface area contributed by atoms with Gasteiger partial charge in [0.2, 0.25) is 0 Å². The molecular formula is C54H36. The van der Waals surface area contributed by atoms with Crippen LogP contribution in [-0.4, -0.2) is 0 Å². The fraction of sp³-hybridized carbons (Fsp3) is 0. The number of hydrogen-bond acceptors (Lipinski definition) is 0. The lowest BCUT2D eigenvalue weighted by Crippen LogP contribution is -1.81. The largest absolute Gasteiger partial charge is 0.0616 e. The quantitative estimate of drug-likeness (QED) is 0.140. The van der Waals surface area contributed by atoms with E-state index in [1.165, 1.54) is 97.0 Å². The second-order valence-electron chi connectivity index (χ2n) is 14.0. The van der Waals surface area contributed by atoms with Gasteiger partial charge in [-0.3, -0.25) is 0 Å². The summed E-state index contributed by atoms with van der Waals surface area (Å²) in [6.45, 7) is 0. The molecule has 0 radical (unpaired) electrons. The van der Waals surface area contributed by atoms with Crippen LogP contribution in [0.15, 0.2) is 218 Å². The highest BCUT2D eigenvalue weighted by atomic mass is 14.1. The normalized spacial score (nSPS) is 11.3. The van der Waals surface area contributed by atoms with E-state index < -0.39 is 0 Å². The Morgan fingerprint density at radius 3 is 0.667 bits per heavy atom. The monoisotopic (exact) mass is 684 g/mol. The van der Waals surface area contributed by atoms with Crippen LogP contribution in [0.2, 0.25) is 0 Å². The van der Waals surface area contributed by atoms with Crippen LogP contribution in [0.5, 0.6) is 0 Å². The molecule has 0 bridgehead atoms. The molecule has 0 N–H and O–H groups in total. The maximum atomic E-state index is 2.24. The van der Waals surface area contributed by atoms with Crippen LogP contribution >= 0.6 is 0 Å². The van der Waals surface area contributed by atoms with Gasteiger partial charge in [0.1, 0.15) is 0 Å². The first kappa shape index (κ1) is 31.7. The van der Waals surface area contributed by atoms with Gasteiger partial charge >= 0.3 is 0 Å². The van der Waals surface area contributed by atoms with E-state index in [0.29, 0.717) is 0 Å². The predicted octanol–water partition coefficient (Wildman–Crippen LogP) is 15.4. The Morgan fingerprint density at radius 1 is 0.130 bits per heavy atom. The summed E-state index contributed by atoms with van der Waals surface area (Å²) in [5.41, 5.74) is 0. The highest BCUT2D eigenvalue weighted by molar-refractivity contribution is 6.25. The zero-order chi connectivity index (χ0) is 35.8. The van der Waals surface area contributed by atoms with Crippen molar-refractivity contribution in [1.29, 1.82) is 0 Å². The SMILES string of the molecule is c1ccc2c(c1)c1ccccc1c1ccccc21.c1ccc2c(c1)ccc1c3ccccc3ccc21.c1ccc2c(c1)ccc1ccc3ccccc3c12. The molecule has 252 valence electrons. The van der Waals surface area contributed by atoms with Crippen LogP contribution in [0, 0.1) is 0 Å². The standard InChI is InChI=1S/3C18H12/c1-3-7-16-13(5-1)9-11-15-12-10-14-6-2-4-8-17(14)18(15)16;1-3-7-15-13(5-1)9-11-18-16-8-4-2-6-14(16)10-12-17(15)18;1-2-8-14-13(7-1)15-9-3-4-11-17(15)18-12-6-5-10-16(14)18/h3*1-12H. The fourth-order valence-electron chi connectivity index (χ4n) is 8.41. The van der Waals surface area contributed by atoms with Crippen molar-refractivity contribution in [2.24, 2.45) is 0 Å². The summed E-state index contributed by atoms with van der Waals surface area (Å²) >= 11 is 0. The van der Waals surface area contributed by atoms with Crippen molar-refractivity contribution in [3.05, 3.63) is 218 Å². The Kier molecular flexibility index (Phi) is 7.93. The minimum absolute atomic E-state index is 1.31. The van der Waals surface area contributed by atoms with Crippen LogP contribution in [0.4, 0.5) is 0 Å². The van der Waals surface area contributed by atoms with E-state index in [-0.39, 0.29) is 0 Å². The summed E-state index contributed by atoms with van der Waals surface area (Å²) in [7, 11) is 0.